The van der Waals surface area contributed by atoms with Gasteiger partial charge in [-0.25, -0.2) is 0 Å². The molecule has 0 aromatic heterocycles. The molecule has 3 nitrogen and oxygen atoms in total. The number of hydrogen-bond donors (Lipinski definition) is 0. The fraction of sp³-hybridized carbons (Fsp3) is 0.529. The van der Waals surface area contributed by atoms with Crippen LogP contribution in [0.5, 0.6) is 0 Å². The van der Waals surface area contributed by atoms with Gasteiger partial charge in [-0.05, 0) is 0 Å². The molecule has 0 spiro atoms. The third-order valence-corrected chi connectivity index (χ3v) is 3.50. The molecule has 0 fully saturated rings. The Balaban J connectivity index is 0. The van der Waals surface area contributed by atoms with Crippen LogP contribution in [0, 0.1) is 0 Å². The molecule has 0 aromatic carbocycles. The Morgan fingerprint density at radius 3 is 1.33 bits per heavy atom. The summed E-state index contributed by atoms with van der Waals surface area (Å²) < 4.78 is 0.648. The summed E-state index contributed by atoms with van der Waals surface area (Å²) in [5.74, 6) is 0. The van der Waals surface area contributed by atoms with Crippen LogP contribution in [-0.2, 0) is 20.4 Å². The van der Waals surface area contributed by atoms with Crippen LogP contribution in [0.4, 0.5) is 0 Å². The van der Waals surface area contributed by atoms with Gasteiger partial charge >= 0.3 is 85.1 Å². The normalized spacial score (nSPS) is 14.3. The summed E-state index contributed by atoms with van der Waals surface area (Å²) in [6.45, 7) is 4.71. The van der Waals surface area contributed by atoms with Crippen molar-refractivity contribution in [3.63, 3.8) is 0 Å². The minimum absolute atomic E-state index is 0. The molecule has 0 bridgehead atoms. The second-order valence-electron chi connectivity index (χ2n) is 4.05. The summed E-state index contributed by atoms with van der Waals surface area (Å²) in [4.78, 5) is 0. The summed E-state index contributed by atoms with van der Waals surface area (Å²) in [6.07, 6.45) is 15.6. The van der Waals surface area contributed by atoms with E-state index < -0.39 is 0 Å². The van der Waals surface area contributed by atoms with Gasteiger partial charge in [0.15, 0.2) is 0 Å². The topological polar surface area (TPSA) is 69.2 Å². The monoisotopic (exact) mass is 326 g/mol. The van der Waals surface area contributed by atoms with E-state index in [1.54, 1.807) is 31.9 Å². The zero-order chi connectivity index (χ0) is 16.5. The number of rotatable bonds is 2. The van der Waals surface area contributed by atoms with Crippen molar-refractivity contribution < 1.29 is 35.8 Å². The standard InChI is InChI=1S/C11H11.3C2H5O.Ti/c1-2-6-10(5-1)9-11-7-3-4-8-11;3*1-2-3;/h1-5,7,9H,6,8H2;3*2H2,1H3;/q;3*-1;+3. The van der Waals surface area contributed by atoms with Crippen LogP contribution < -0.4 is 15.3 Å². The second kappa shape index (κ2) is 17.6. The fourth-order valence-electron chi connectivity index (χ4n) is 1.59. The van der Waals surface area contributed by atoms with E-state index in [2.05, 4.69) is 56.9 Å². The Morgan fingerprint density at radius 1 is 0.857 bits per heavy atom. The first kappa shape index (κ1) is 22.8. The van der Waals surface area contributed by atoms with E-state index >= 15 is 0 Å². The van der Waals surface area contributed by atoms with E-state index in [0.29, 0.717) is 4.22 Å². The van der Waals surface area contributed by atoms with Crippen LogP contribution in [0.3, 0.4) is 0 Å². The zero-order valence-corrected chi connectivity index (χ0v) is 14.9. The van der Waals surface area contributed by atoms with E-state index in [1.807, 2.05) is 0 Å². The van der Waals surface area contributed by atoms with Crippen molar-refractivity contribution in [2.45, 2.75) is 37.8 Å². The Labute approximate surface area is 141 Å². The minimum atomic E-state index is 0. The van der Waals surface area contributed by atoms with Crippen LogP contribution in [0.1, 0.15) is 33.6 Å². The summed E-state index contributed by atoms with van der Waals surface area (Å²) in [6, 6.07) is 0. The molecule has 0 heterocycles. The van der Waals surface area contributed by atoms with E-state index in [9.17, 15) is 0 Å². The van der Waals surface area contributed by atoms with Gasteiger partial charge in [0.25, 0.3) is 0 Å². The van der Waals surface area contributed by atoms with Gasteiger partial charge in [-0.3, -0.25) is 0 Å². The van der Waals surface area contributed by atoms with E-state index in [1.165, 1.54) is 0 Å². The van der Waals surface area contributed by atoms with Gasteiger partial charge in [0, 0.05) is 0 Å². The maximum atomic E-state index is 8.93. The van der Waals surface area contributed by atoms with Crippen molar-refractivity contribution in [2.24, 2.45) is 0 Å². The summed E-state index contributed by atoms with van der Waals surface area (Å²) >= 11 is 2.30. The van der Waals surface area contributed by atoms with Gasteiger partial charge < -0.3 is 15.3 Å². The zero-order valence-electron chi connectivity index (χ0n) is 13.3. The SMILES string of the molecule is CC[O-].CC[O-].CC[O-].[Ti+3][CH](C1=CC=CC1)C1=CC=CC1. The van der Waals surface area contributed by atoms with Gasteiger partial charge in [0.05, 0.1) is 0 Å². The summed E-state index contributed by atoms with van der Waals surface area (Å²) in [5, 5.41) is 26.8. The molecular formula is C17H26O3Ti. The van der Waals surface area contributed by atoms with E-state index in [0.717, 1.165) is 12.8 Å². The molecule has 0 N–H and O–H groups in total. The molecule has 4 heteroatoms. The summed E-state index contributed by atoms with van der Waals surface area (Å²) in [5.41, 5.74) is 3.12. The first-order chi connectivity index (χ1) is 10.1. The molecule has 0 aromatic rings. The number of hydrogen-bond acceptors (Lipinski definition) is 3. The molecule has 0 saturated carbocycles. The molecule has 2 aliphatic rings. The van der Waals surface area contributed by atoms with Crippen LogP contribution in [0.15, 0.2) is 47.6 Å². The van der Waals surface area contributed by atoms with Gasteiger partial charge in [-0.2, -0.15) is 0 Å². The maximum absolute atomic E-state index is 8.93. The van der Waals surface area contributed by atoms with Crippen molar-refractivity contribution in [1.29, 1.82) is 0 Å². The number of allylic oxidation sites excluding steroid dienone is 8. The summed E-state index contributed by atoms with van der Waals surface area (Å²) in [7, 11) is 0. The third kappa shape index (κ3) is 13.0. The molecule has 21 heavy (non-hydrogen) atoms. The Hall–Kier alpha value is -0.446. The predicted octanol–water partition coefficient (Wildman–Crippen LogP) is 1.19. The van der Waals surface area contributed by atoms with Crippen LogP contribution in [0.25, 0.3) is 0 Å². The average molecular weight is 326 g/mol. The Morgan fingerprint density at radius 2 is 1.14 bits per heavy atom. The van der Waals surface area contributed by atoms with Gasteiger partial charge in [-0.1, -0.05) is 20.8 Å². The predicted molar refractivity (Wildman–Crippen MR) is 79.1 cm³/mol. The second-order valence-corrected chi connectivity index (χ2v) is 4.95. The average Bonchev–Trinajstić information content (AvgIpc) is 3.15. The van der Waals surface area contributed by atoms with Crippen molar-refractivity contribution in [3.8, 4) is 0 Å². The molecule has 2 aliphatic carbocycles. The van der Waals surface area contributed by atoms with Crippen LogP contribution >= 0.6 is 0 Å². The van der Waals surface area contributed by atoms with Gasteiger partial charge in [0.2, 0.25) is 0 Å². The van der Waals surface area contributed by atoms with Crippen molar-refractivity contribution in [1.82, 2.24) is 0 Å². The molecule has 0 saturated heterocycles. The van der Waals surface area contributed by atoms with Crippen molar-refractivity contribution >= 4 is 0 Å². The van der Waals surface area contributed by atoms with E-state index in [4.69, 9.17) is 15.3 Å². The van der Waals surface area contributed by atoms with E-state index in [-0.39, 0.29) is 19.8 Å². The van der Waals surface area contributed by atoms with Crippen molar-refractivity contribution in [3.05, 3.63) is 47.6 Å². The molecule has 0 aliphatic heterocycles. The van der Waals surface area contributed by atoms with Crippen LogP contribution in [-0.4, -0.2) is 19.8 Å². The molecule has 116 valence electrons. The van der Waals surface area contributed by atoms with Crippen LogP contribution in [0.2, 0.25) is 4.22 Å². The molecule has 0 radical (unpaired) electrons. The molecular weight excluding hydrogens is 300 g/mol. The Kier molecular flexibility index (Phi) is 19.1. The first-order valence-electron chi connectivity index (χ1n) is 7.29. The quantitative estimate of drug-likeness (QED) is 0.716. The van der Waals surface area contributed by atoms with Gasteiger partial charge in [0.1, 0.15) is 0 Å². The molecule has 0 amide bonds. The molecule has 2 rings (SSSR count). The molecule has 0 unspecified atom stereocenters. The fourth-order valence-corrected chi connectivity index (χ4v) is 2.26. The Bertz CT molecular complexity index is 309. The van der Waals surface area contributed by atoms with Crippen molar-refractivity contribution in [2.75, 3.05) is 19.8 Å². The van der Waals surface area contributed by atoms with Gasteiger partial charge in [-0.15, -0.1) is 19.8 Å². The third-order valence-electron chi connectivity index (χ3n) is 2.34. The first-order valence-corrected chi connectivity index (χ1v) is 8.19. The molecule has 0 atom stereocenters.